The number of tetrazole rings is 1. The van der Waals surface area contributed by atoms with Crippen LogP contribution in [0.5, 0.6) is 0 Å². The lowest BCUT2D eigenvalue weighted by molar-refractivity contribution is -0.0437. The standard InChI is InChI=1S/C11H9F3N4O2S2/c12-11(13,14)22(19,20)9-4-2-1-3-8(9)21-10-15-16-17-18(10)7-5-6-7/h1-4,7H,5-6H2. The van der Waals surface area contributed by atoms with E-state index in [1.165, 1.54) is 22.9 Å². The summed E-state index contributed by atoms with van der Waals surface area (Å²) in [5.41, 5.74) is -5.36. The maximum absolute atomic E-state index is 12.8. The van der Waals surface area contributed by atoms with Gasteiger partial charge in [0, 0.05) is 4.90 Å². The minimum Gasteiger partial charge on any atom is -0.217 e. The van der Waals surface area contributed by atoms with Gasteiger partial charge in [0.1, 0.15) is 0 Å². The Morgan fingerprint density at radius 2 is 1.91 bits per heavy atom. The first kappa shape index (κ1) is 15.3. The van der Waals surface area contributed by atoms with Gasteiger partial charge >= 0.3 is 5.51 Å². The summed E-state index contributed by atoms with van der Waals surface area (Å²) < 4.78 is 63.0. The number of aromatic nitrogens is 4. The van der Waals surface area contributed by atoms with Crippen molar-refractivity contribution in [3.63, 3.8) is 0 Å². The molecule has 11 heteroatoms. The Morgan fingerprint density at radius 1 is 1.23 bits per heavy atom. The third kappa shape index (κ3) is 2.70. The highest BCUT2D eigenvalue weighted by molar-refractivity contribution is 8.00. The topological polar surface area (TPSA) is 77.7 Å². The maximum Gasteiger partial charge on any atom is 0.501 e. The van der Waals surface area contributed by atoms with Gasteiger partial charge in [-0.15, -0.1) is 5.10 Å². The Morgan fingerprint density at radius 3 is 2.55 bits per heavy atom. The fraction of sp³-hybridized carbons (Fsp3) is 0.364. The summed E-state index contributed by atoms with van der Waals surface area (Å²) in [7, 11) is -5.43. The molecule has 0 aliphatic heterocycles. The van der Waals surface area contributed by atoms with Crippen LogP contribution >= 0.6 is 11.8 Å². The molecule has 0 unspecified atom stereocenters. The van der Waals surface area contributed by atoms with Gasteiger partial charge in [0.15, 0.2) is 0 Å². The van der Waals surface area contributed by atoms with Crippen molar-refractivity contribution in [2.75, 3.05) is 0 Å². The molecule has 3 rings (SSSR count). The predicted octanol–water partition coefficient (Wildman–Crippen LogP) is 2.45. The Labute approximate surface area is 127 Å². The molecule has 6 nitrogen and oxygen atoms in total. The molecule has 2 aromatic rings. The lowest BCUT2D eigenvalue weighted by Gasteiger charge is -2.11. The SMILES string of the molecule is O=S(=O)(c1ccccc1Sc1nnnn1C1CC1)C(F)(F)F. The van der Waals surface area contributed by atoms with Crippen molar-refractivity contribution < 1.29 is 21.6 Å². The molecule has 0 bridgehead atoms. The summed E-state index contributed by atoms with van der Waals surface area (Å²) in [6, 6.07) is 5.06. The van der Waals surface area contributed by atoms with Crippen LogP contribution in [0.2, 0.25) is 0 Å². The molecule has 118 valence electrons. The first-order valence-electron chi connectivity index (χ1n) is 6.17. The van der Waals surface area contributed by atoms with Crippen molar-refractivity contribution in [2.24, 2.45) is 0 Å². The van der Waals surface area contributed by atoms with Crippen LogP contribution in [0.3, 0.4) is 0 Å². The van der Waals surface area contributed by atoms with Gasteiger partial charge < -0.3 is 0 Å². The highest BCUT2D eigenvalue weighted by atomic mass is 32.2. The molecular formula is C11H9F3N4O2S2. The van der Waals surface area contributed by atoms with Crippen LogP contribution in [0.15, 0.2) is 39.2 Å². The first-order chi connectivity index (χ1) is 10.3. The molecule has 0 radical (unpaired) electrons. The molecule has 1 aromatic carbocycles. The van der Waals surface area contributed by atoms with Crippen molar-refractivity contribution in [1.29, 1.82) is 0 Å². The minimum atomic E-state index is -5.43. The summed E-state index contributed by atoms with van der Waals surface area (Å²) in [5.74, 6) is 0. The van der Waals surface area contributed by atoms with Crippen molar-refractivity contribution >= 4 is 21.6 Å². The van der Waals surface area contributed by atoms with Gasteiger partial charge in [-0.05, 0) is 47.2 Å². The zero-order valence-corrected chi connectivity index (χ0v) is 12.5. The highest BCUT2D eigenvalue weighted by Crippen LogP contribution is 2.41. The number of nitrogens with zero attached hydrogens (tertiary/aromatic N) is 4. The predicted molar refractivity (Wildman–Crippen MR) is 69.9 cm³/mol. The molecule has 1 aliphatic carbocycles. The second-order valence-electron chi connectivity index (χ2n) is 4.64. The van der Waals surface area contributed by atoms with Crippen LogP contribution in [-0.4, -0.2) is 34.1 Å². The normalized spacial score (nSPS) is 16.0. The summed E-state index contributed by atoms with van der Waals surface area (Å²) in [5, 5.41) is 11.3. The molecule has 1 saturated carbocycles. The zero-order valence-electron chi connectivity index (χ0n) is 10.9. The Hall–Kier alpha value is -1.62. The Kier molecular flexibility index (Phi) is 3.63. The number of rotatable bonds is 4. The van der Waals surface area contributed by atoms with E-state index < -0.39 is 20.2 Å². The fourth-order valence-electron chi connectivity index (χ4n) is 1.78. The van der Waals surface area contributed by atoms with Crippen molar-refractivity contribution in [1.82, 2.24) is 20.2 Å². The Balaban J connectivity index is 2.00. The molecule has 1 aromatic heterocycles. The van der Waals surface area contributed by atoms with Gasteiger partial charge in [0.2, 0.25) is 5.16 Å². The van der Waals surface area contributed by atoms with Crippen LogP contribution in [0.4, 0.5) is 13.2 Å². The highest BCUT2D eigenvalue weighted by Gasteiger charge is 2.48. The van der Waals surface area contributed by atoms with E-state index in [1.54, 1.807) is 0 Å². The van der Waals surface area contributed by atoms with Gasteiger partial charge in [0.05, 0.1) is 10.9 Å². The van der Waals surface area contributed by atoms with Gasteiger partial charge in [-0.25, -0.2) is 13.1 Å². The summed E-state index contributed by atoms with van der Waals surface area (Å²) in [6.45, 7) is 0. The van der Waals surface area contributed by atoms with E-state index in [0.29, 0.717) is 0 Å². The summed E-state index contributed by atoms with van der Waals surface area (Å²) >= 11 is 0.807. The number of benzene rings is 1. The molecule has 1 fully saturated rings. The van der Waals surface area contributed by atoms with Gasteiger partial charge in [-0.2, -0.15) is 13.2 Å². The van der Waals surface area contributed by atoms with E-state index in [-0.39, 0.29) is 16.1 Å². The molecule has 1 aliphatic rings. The molecule has 22 heavy (non-hydrogen) atoms. The molecule has 0 spiro atoms. The van der Waals surface area contributed by atoms with Crippen LogP contribution in [0, 0.1) is 0 Å². The number of halogens is 3. The lowest BCUT2D eigenvalue weighted by atomic mass is 10.4. The maximum atomic E-state index is 12.8. The quantitative estimate of drug-likeness (QED) is 0.843. The van der Waals surface area contributed by atoms with Gasteiger partial charge in [-0.1, -0.05) is 12.1 Å². The van der Waals surface area contributed by atoms with E-state index in [4.69, 9.17) is 0 Å². The number of sulfone groups is 1. The van der Waals surface area contributed by atoms with E-state index in [2.05, 4.69) is 15.5 Å². The van der Waals surface area contributed by atoms with E-state index in [9.17, 15) is 21.6 Å². The van der Waals surface area contributed by atoms with Crippen LogP contribution in [0.25, 0.3) is 0 Å². The monoisotopic (exact) mass is 350 g/mol. The molecule has 0 amide bonds. The average molecular weight is 350 g/mol. The van der Waals surface area contributed by atoms with Crippen molar-refractivity contribution in [3.05, 3.63) is 24.3 Å². The van der Waals surface area contributed by atoms with E-state index >= 15 is 0 Å². The third-order valence-corrected chi connectivity index (χ3v) is 5.70. The second-order valence-corrected chi connectivity index (χ2v) is 7.55. The van der Waals surface area contributed by atoms with Gasteiger partial charge in [-0.3, -0.25) is 0 Å². The zero-order chi connectivity index (χ0) is 16.0. The summed E-state index contributed by atoms with van der Waals surface area (Å²) in [4.78, 5) is -0.852. The van der Waals surface area contributed by atoms with Gasteiger partial charge in [0.25, 0.3) is 9.84 Å². The summed E-state index contributed by atoms with van der Waals surface area (Å²) in [6.07, 6.45) is 1.78. The number of hydrogen-bond donors (Lipinski definition) is 0. The lowest BCUT2D eigenvalue weighted by Crippen LogP contribution is -2.23. The molecule has 0 saturated heterocycles. The first-order valence-corrected chi connectivity index (χ1v) is 8.47. The molecular weight excluding hydrogens is 341 g/mol. The molecule has 0 atom stereocenters. The minimum absolute atomic E-state index is 0.0588. The second kappa shape index (κ2) is 5.23. The number of alkyl halides is 3. The van der Waals surface area contributed by atoms with Crippen molar-refractivity contribution in [2.45, 2.75) is 39.3 Å². The van der Waals surface area contributed by atoms with E-state index in [1.807, 2.05) is 0 Å². The molecule has 1 heterocycles. The smallest absolute Gasteiger partial charge is 0.217 e. The average Bonchev–Trinajstić information content (AvgIpc) is 3.18. The third-order valence-electron chi connectivity index (χ3n) is 3.00. The van der Waals surface area contributed by atoms with Crippen LogP contribution in [-0.2, 0) is 9.84 Å². The van der Waals surface area contributed by atoms with E-state index in [0.717, 1.165) is 30.7 Å². The Bertz CT molecular complexity index is 800. The van der Waals surface area contributed by atoms with Crippen LogP contribution in [0.1, 0.15) is 18.9 Å². The largest absolute Gasteiger partial charge is 0.501 e. The number of hydrogen-bond acceptors (Lipinski definition) is 6. The fourth-order valence-corrected chi connectivity index (χ4v) is 3.94. The van der Waals surface area contributed by atoms with Crippen molar-refractivity contribution in [3.8, 4) is 0 Å². The molecule has 0 N–H and O–H groups in total. The van der Waals surface area contributed by atoms with Crippen LogP contribution < -0.4 is 0 Å².